The summed E-state index contributed by atoms with van der Waals surface area (Å²) >= 11 is 0. The summed E-state index contributed by atoms with van der Waals surface area (Å²) < 4.78 is 45.2. The molecule has 0 amide bonds. The van der Waals surface area contributed by atoms with E-state index >= 15 is 0 Å². The number of esters is 1. The standard InChI is InChI=1S/C19H21F3N4O4/c1-11-7-6-8-13(16(25-29-5)18(27)28-4)15(11)10-30-24-12(2)14-9-26(3)23-17(14)19(20,21)22/h6-9H,10H2,1-5H3/b24-12+,25-16+. The first kappa shape index (κ1) is 22.9. The molecule has 0 radical (unpaired) electrons. The van der Waals surface area contributed by atoms with Crippen molar-refractivity contribution < 1.29 is 32.4 Å². The van der Waals surface area contributed by atoms with Gasteiger partial charge in [0.05, 0.1) is 12.8 Å². The maximum absolute atomic E-state index is 13.1. The number of rotatable bonds is 7. The number of carbonyl (C=O) groups excluding carboxylic acids is 1. The van der Waals surface area contributed by atoms with Crippen LogP contribution in [0.4, 0.5) is 13.2 Å². The molecule has 11 heteroatoms. The molecule has 0 atom stereocenters. The Balaban J connectivity index is 2.33. The molecule has 1 aromatic heterocycles. The zero-order chi connectivity index (χ0) is 22.5. The number of carbonyl (C=O) groups is 1. The predicted octanol–water partition coefficient (Wildman–Crippen LogP) is 3.21. The van der Waals surface area contributed by atoms with E-state index < -0.39 is 17.8 Å². The summed E-state index contributed by atoms with van der Waals surface area (Å²) in [5, 5.41) is 11.0. The Bertz CT molecular complexity index is 981. The van der Waals surface area contributed by atoms with Gasteiger partial charge in [-0.05, 0) is 19.4 Å². The Morgan fingerprint density at radius 2 is 1.90 bits per heavy atom. The fourth-order valence-corrected chi connectivity index (χ4v) is 2.71. The molecule has 0 aliphatic heterocycles. The molecule has 0 fully saturated rings. The topological polar surface area (TPSA) is 87.3 Å². The summed E-state index contributed by atoms with van der Waals surface area (Å²) in [6.07, 6.45) is -3.41. The van der Waals surface area contributed by atoms with Crippen molar-refractivity contribution in [2.45, 2.75) is 26.6 Å². The molecule has 0 saturated carbocycles. The quantitative estimate of drug-likeness (QED) is 0.386. The Labute approximate surface area is 170 Å². The first-order valence-corrected chi connectivity index (χ1v) is 8.66. The fourth-order valence-electron chi connectivity index (χ4n) is 2.71. The van der Waals surface area contributed by atoms with Crippen molar-refractivity contribution in [2.75, 3.05) is 14.2 Å². The molecule has 0 N–H and O–H groups in total. The van der Waals surface area contributed by atoms with Crippen LogP contribution in [0.2, 0.25) is 0 Å². The van der Waals surface area contributed by atoms with Gasteiger partial charge in [-0.3, -0.25) is 4.68 Å². The second kappa shape index (κ2) is 9.42. The van der Waals surface area contributed by atoms with Gasteiger partial charge in [-0.1, -0.05) is 28.5 Å². The largest absolute Gasteiger partial charge is 0.464 e. The van der Waals surface area contributed by atoms with Gasteiger partial charge in [0.25, 0.3) is 0 Å². The van der Waals surface area contributed by atoms with E-state index in [-0.39, 0.29) is 23.6 Å². The van der Waals surface area contributed by atoms with Crippen molar-refractivity contribution in [2.24, 2.45) is 17.4 Å². The van der Waals surface area contributed by atoms with Crippen molar-refractivity contribution in [1.29, 1.82) is 0 Å². The highest BCUT2D eigenvalue weighted by molar-refractivity contribution is 6.43. The molecule has 0 spiro atoms. The highest BCUT2D eigenvalue weighted by Crippen LogP contribution is 2.31. The molecule has 1 aromatic carbocycles. The van der Waals surface area contributed by atoms with E-state index in [1.165, 1.54) is 34.4 Å². The molecule has 0 unspecified atom stereocenters. The number of nitrogens with zero attached hydrogens (tertiary/aromatic N) is 4. The van der Waals surface area contributed by atoms with Crippen LogP contribution in [0.25, 0.3) is 0 Å². The van der Waals surface area contributed by atoms with Crippen LogP contribution in [0.3, 0.4) is 0 Å². The summed E-state index contributed by atoms with van der Waals surface area (Å²) in [5.74, 6) is -0.714. The Kier molecular flexibility index (Phi) is 7.19. The van der Waals surface area contributed by atoms with Crippen LogP contribution >= 0.6 is 0 Å². The lowest BCUT2D eigenvalue weighted by atomic mass is 9.99. The summed E-state index contributed by atoms with van der Waals surface area (Å²) in [7, 11) is 3.88. The lowest BCUT2D eigenvalue weighted by molar-refractivity contribution is -0.141. The Morgan fingerprint density at radius 1 is 1.20 bits per heavy atom. The first-order valence-electron chi connectivity index (χ1n) is 8.66. The minimum atomic E-state index is -4.62. The second-order valence-electron chi connectivity index (χ2n) is 6.23. The monoisotopic (exact) mass is 426 g/mol. The second-order valence-corrected chi connectivity index (χ2v) is 6.23. The highest BCUT2D eigenvalue weighted by atomic mass is 19.4. The SMILES string of the molecule is CO/N=C(/C(=O)OC)c1cccc(C)c1CO/N=C(\C)c1cn(C)nc1C(F)(F)F. The van der Waals surface area contributed by atoms with Crippen molar-refractivity contribution in [3.63, 3.8) is 0 Å². The van der Waals surface area contributed by atoms with Crippen LogP contribution in [0.5, 0.6) is 0 Å². The van der Waals surface area contributed by atoms with E-state index in [0.29, 0.717) is 11.1 Å². The number of aromatic nitrogens is 2. The van der Waals surface area contributed by atoms with Gasteiger partial charge in [-0.25, -0.2) is 4.79 Å². The third kappa shape index (κ3) is 5.16. The maximum Gasteiger partial charge on any atom is 0.435 e. The van der Waals surface area contributed by atoms with Crippen molar-refractivity contribution in [3.8, 4) is 0 Å². The van der Waals surface area contributed by atoms with Gasteiger partial charge < -0.3 is 14.4 Å². The average Bonchev–Trinajstić information content (AvgIpc) is 3.09. The summed E-state index contributed by atoms with van der Waals surface area (Å²) in [6, 6.07) is 5.12. The van der Waals surface area contributed by atoms with Gasteiger partial charge in [0.1, 0.15) is 13.7 Å². The van der Waals surface area contributed by atoms with Crippen LogP contribution < -0.4 is 0 Å². The van der Waals surface area contributed by atoms with Crippen LogP contribution in [-0.4, -0.2) is 41.4 Å². The lowest BCUT2D eigenvalue weighted by Gasteiger charge is -2.12. The number of methoxy groups -OCH3 is 1. The van der Waals surface area contributed by atoms with E-state index in [0.717, 1.165) is 10.2 Å². The number of aryl methyl sites for hydroxylation is 2. The number of hydrogen-bond acceptors (Lipinski definition) is 7. The zero-order valence-electron chi connectivity index (χ0n) is 17.1. The first-order chi connectivity index (χ1) is 14.1. The molecule has 1 heterocycles. The summed E-state index contributed by atoms with van der Waals surface area (Å²) in [6.45, 7) is 3.04. The summed E-state index contributed by atoms with van der Waals surface area (Å²) in [4.78, 5) is 22.1. The van der Waals surface area contributed by atoms with Gasteiger partial charge in [0, 0.05) is 29.9 Å². The molecule has 0 bridgehead atoms. The molecular weight excluding hydrogens is 405 g/mol. The number of halogens is 3. The predicted molar refractivity (Wildman–Crippen MR) is 102 cm³/mol. The smallest absolute Gasteiger partial charge is 0.435 e. The molecule has 2 rings (SSSR count). The number of ether oxygens (including phenoxy) is 1. The minimum Gasteiger partial charge on any atom is -0.464 e. The van der Waals surface area contributed by atoms with Crippen molar-refractivity contribution in [3.05, 3.63) is 52.3 Å². The van der Waals surface area contributed by atoms with Crippen molar-refractivity contribution in [1.82, 2.24) is 9.78 Å². The molecule has 8 nitrogen and oxygen atoms in total. The van der Waals surface area contributed by atoms with Crippen LogP contribution in [-0.2, 0) is 39.0 Å². The highest BCUT2D eigenvalue weighted by Gasteiger charge is 2.37. The fraction of sp³-hybridized carbons (Fsp3) is 0.368. The van der Waals surface area contributed by atoms with Crippen LogP contribution in [0, 0.1) is 6.92 Å². The maximum atomic E-state index is 13.1. The Morgan fingerprint density at radius 3 is 2.50 bits per heavy atom. The normalized spacial score (nSPS) is 12.7. The lowest BCUT2D eigenvalue weighted by Crippen LogP contribution is -2.20. The molecule has 0 aliphatic rings. The number of benzene rings is 1. The number of alkyl halides is 3. The molecule has 30 heavy (non-hydrogen) atoms. The molecular formula is C19H21F3N4O4. The van der Waals surface area contributed by atoms with Gasteiger partial charge in [0.15, 0.2) is 11.4 Å². The molecule has 0 saturated heterocycles. The third-order valence-electron chi connectivity index (χ3n) is 4.12. The van der Waals surface area contributed by atoms with Crippen LogP contribution in [0.1, 0.15) is 34.9 Å². The molecule has 2 aromatic rings. The number of hydrogen-bond donors (Lipinski definition) is 0. The van der Waals surface area contributed by atoms with E-state index in [4.69, 9.17) is 14.4 Å². The Hall–Kier alpha value is -3.37. The minimum absolute atomic E-state index is 0.00399. The molecule has 162 valence electrons. The van der Waals surface area contributed by atoms with E-state index in [9.17, 15) is 18.0 Å². The van der Waals surface area contributed by atoms with E-state index in [1.807, 2.05) is 0 Å². The average molecular weight is 426 g/mol. The van der Waals surface area contributed by atoms with Gasteiger partial charge in [0.2, 0.25) is 0 Å². The van der Waals surface area contributed by atoms with Crippen molar-refractivity contribution >= 4 is 17.4 Å². The van der Waals surface area contributed by atoms with E-state index in [2.05, 4.69) is 15.4 Å². The van der Waals surface area contributed by atoms with E-state index in [1.54, 1.807) is 25.1 Å². The molecule has 0 aliphatic carbocycles. The van der Waals surface area contributed by atoms with Crippen LogP contribution in [0.15, 0.2) is 34.7 Å². The number of oxime groups is 2. The zero-order valence-corrected chi connectivity index (χ0v) is 17.1. The van der Waals surface area contributed by atoms with Gasteiger partial charge in [-0.2, -0.15) is 18.3 Å². The third-order valence-corrected chi connectivity index (χ3v) is 4.12. The van der Waals surface area contributed by atoms with Gasteiger partial charge >= 0.3 is 12.1 Å². The van der Waals surface area contributed by atoms with Gasteiger partial charge in [-0.15, -0.1) is 0 Å². The summed E-state index contributed by atoms with van der Waals surface area (Å²) in [5.41, 5.74) is 0.397.